The van der Waals surface area contributed by atoms with Crippen LogP contribution in [0.25, 0.3) is 0 Å². The van der Waals surface area contributed by atoms with Gasteiger partial charge in [-0.1, -0.05) is 6.92 Å². The summed E-state index contributed by atoms with van der Waals surface area (Å²) >= 11 is 1.93. The molecule has 0 aromatic carbocycles. The van der Waals surface area contributed by atoms with Crippen molar-refractivity contribution in [1.29, 1.82) is 0 Å². The molecule has 0 spiro atoms. The highest BCUT2D eigenvalue weighted by molar-refractivity contribution is 7.12. The maximum Gasteiger partial charge on any atom is 0.0333 e. The lowest BCUT2D eigenvalue weighted by molar-refractivity contribution is 0.0545. The van der Waals surface area contributed by atoms with Gasteiger partial charge in [0.25, 0.3) is 0 Å². The second-order valence-corrected chi connectivity index (χ2v) is 7.53. The zero-order valence-electron chi connectivity index (χ0n) is 13.2. The topological polar surface area (TPSA) is 15.3 Å². The average molecular weight is 280 g/mol. The number of rotatable bonds is 3. The molecule has 4 atom stereocenters. The first kappa shape index (κ1) is 15.0. The third-order valence-electron chi connectivity index (χ3n) is 5.01. The fourth-order valence-corrected chi connectivity index (χ4v) is 4.61. The van der Waals surface area contributed by atoms with Gasteiger partial charge in [-0.3, -0.25) is 4.90 Å². The van der Waals surface area contributed by atoms with Crippen LogP contribution < -0.4 is 5.32 Å². The molecule has 1 aliphatic heterocycles. The molecule has 0 radical (unpaired) electrons. The van der Waals surface area contributed by atoms with Crippen molar-refractivity contribution in [3.05, 3.63) is 21.4 Å². The molecule has 0 saturated carbocycles. The van der Waals surface area contributed by atoms with Crippen molar-refractivity contribution >= 4 is 11.3 Å². The van der Waals surface area contributed by atoms with Gasteiger partial charge < -0.3 is 5.32 Å². The van der Waals surface area contributed by atoms with Gasteiger partial charge >= 0.3 is 0 Å². The maximum absolute atomic E-state index is 3.47. The predicted molar refractivity (Wildman–Crippen MR) is 85.0 cm³/mol. The molecule has 2 rings (SSSR count). The summed E-state index contributed by atoms with van der Waals surface area (Å²) in [4.78, 5) is 5.61. The van der Waals surface area contributed by atoms with Crippen LogP contribution >= 0.6 is 11.3 Å². The van der Waals surface area contributed by atoms with Crippen molar-refractivity contribution in [2.45, 2.75) is 59.2 Å². The minimum atomic E-state index is 0.542. The van der Waals surface area contributed by atoms with Gasteiger partial charge in [0.1, 0.15) is 0 Å². The van der Waals surface area contributed by atoms with E-state index in [-0.39, 0.29) is 0 Å². The van der Waals surface area contributed by atoms with E-state index in [0.717, 1.165) is 0 Å². The van der Waals surface area contributed by atoms with Gasteiger partial charge in [-0.25, -0.2) is 0 Å². The van der Waals surface area contributed by atoms with Gasteiger partial charge in [-0.2, -0.15) is 0 Å². The number of thiophene rings is 1. The third-order valence-corrected chi connectivity index (χ3v) is 6.00. The van der Waals surface area contributed by atoms with Crippen LogP contribution in [-0.4, -0.2) is 30.6 Å². The van der Waals surface area contributed by atoms with E-state index in [1.165, 1.54) is 28.3 Å². The molecular weight excluding hydrogens is 252 g/mol. The van der Waals surface area contributed by atoms with Gasteiger partial charge in [0.2, 0.25) is 0 Å². The summed E-state index contributed by atoms with van der Waals surface area (Å²) in [6.07, 6.45) is 1.26. The zero-order valence-corrected chi connectivity index (χ0v) is 14.0. The van der Waals surface area contributed by atoms with Crippen molar-refractivity contribution in [1.82, 2.24) is 10.2 Å². The van der Waals surface area contributed by atoms with Gasteiger partial charge in [-0.05, 0) is 58.7 Å². The molecule has 0 aliphatic carbocycles. The van der Waals surface area contributed by atoms with Crippen molar-refractivity contribution in [2.75, 3.05) is 13.6 Å². The standard InChI is InChI=1S/C16H28N2S/c1-10-9-15(14(5)19-10)13(4)18-8-7-16(17-6)11(2)12(18)3/h9,11-13,16-17H,7-8H2,1-6H3. The van der Waals surface area contributed by atoms with Crippen LogP contribution in [0.15, 0.2) is 6.07 Å². The van der Waals surface area contributed by atoms with E-state index in [1.54, 1.807) is 0 Å². The average Bonchev–Trinajstić information content (AvgIpc) is 2.71. The Labute approximate surface area is 122 Å². The molecular formula is C16H28N2S. The van der Waals surface area contributed by atoms with Crippen molar-refractivity contribution in [3.8, 4) is 0 Å². The third kappa shape index (κ3) is 2.88. The van der Waals surface area contributed by atoms with Gasteiger partial charge in [0.05, 0.1) is 0 Å². The first-order valence-corrected chi connectivity index (χ1v) is 8.27. The summed E-state index contributed by atoms with van der Waals surface area (Å²) in [5, 5.41) is 3.47. The van der Waals surface area contributed by atoms with Gasteiger partial charge in [-0.15, -0.1) is 11.3 Å². The summed E-state index contributed by atoms with van der Waals surface area (Å²) in [6, 6.07) is 4.23. The Kier molecular flexibility index (Phi) is 4.70. The second-order valence-electron chi connectivity index (χ2n) is 6.07. The largest absolute Gasteiger partial charge is 0.317 e. The van der Waals surface area contributed by atoms with Crippen LogP contribution in [0, 0.1) is 19.8 Å². The Morgan fingerprint density at radius 3 is 2.58 bits per heavy atom. The Morgan fingerprint density at radius 1 is 1.37 bits per heavy atom. The molecule has 3 heteroatoms. The SMILES string of the molecule is CNC1CCN(C(C)c2cc(C)sc2C)C(C)C1C. The van der Waals surface area contributed by atoms with E-state index in [1.807, 2.05) is 11.3 Å². The Balaban J connectivity index is 2.16. The van der Waals surface area contributed by atoms with E-state index in [2.05, 4.69) is 57.9 Å². The van der Waals surface area contributed by atoms with Crippen LogP contribution in [0.3, 0.4) is 0 Å². The highest BCUT2D eigenvalue weighted by atomic mass is 32.1. The van der Waals surface area contributed by atoms with Crippen LogP contribution in [0.4, 0.5) is 0 Å². The highest BCUT2D eigenvalue weighted by Crippen LogP contribution is 2.35. The lowest BCUT2D eigenvalue weighted by atomic mass is 9.85. The molecule has 19 heavy (non-hydrogen) atoms. The number of likely N-dealkylation sites (tertiary alicyclic amines) is 1. The second kappa shape index (κ2) is 5.94. The molecule has 4 unspecified atom stereocenters. The van der Waals surface area contributed by atoms with E-state index >= 15 is 0 Å². The van der Waals surface area contributed by atoms with Crippen molar-refractivity contribution in [3.63, 3.8) is 0 Å². The molecule has 1 saturated heterocycles. The molecule has 2 nitrogen and oxygen atoms in total. The summed E-state index contributed by atoms with van der Waals surface area (Å²) in [7, 11) is 2.10. The number of nitrogens with one attached hydrogen (secondary N) is 1. The first-order valence-electron chi connectivity index (χ1n) is 7.45. The number of nitrogens with zero attached hydrogens (tertiary/aromatic N) is 1. The highest BCUT2D eigenvalue weighted by Gasteiger charge is 2.34. The summed E-state index contributed by atoms with van der Waals surface area (Å²) < 4.78 is 0. The lowest BCUT2D eigenvalue weighted by Gasteiger charge is -2.45. The minimum absolute atomic E-state index is 0.542. The summed E-state index contributed by atoms with van der Waals surface area (Å²) in [5.41, 5.74) is 1.53. The molecule has 1 aromatic heterocycles. The smallest absolute Gasteiger partial charge is 0.0333 e. The Hall–Kier alpha value is -0.380. The monoisotopic (exact) mass is 280 g/mol. The van der Waals surface area contributed by atoms with E-state index in [9.17, 15) is 0 Å². The number of aryl methyl sites for hydroxylation is 2. The minimum Gasteiger partial charge on any atom is -0.317 e. The predicted octanol–water partition coefficient (Wildman–Crippen LogP) is 3.74. The Morgan fingerprint density at radius 2 is 2.05 bits per heavy atom. The normalized spacial score (nSPS) is 30.5. The van der Waals surface area contributed by atoms with Crippen molar-refractivity contribution < 1.29 is 0 Å². The Bertz CT molecular complexity index is 426. The molecule has 2 heterocycles. The van der Waals surface area contributed by atoms with Crippen LogP contribution in [0.5, 0.6) is 0 Å². The van der Waals surface area contributed by atoms with E-state index in [4.69, 9.17) is 0 Å². The van der Waals surface area contributed by atoms with Crippen LogP contribution in [-0.2, 0) is 0 Å². The van der Waals surface area contributed by atoms with E-state index in [0.29, 0.717) is 24.0 Å². The quantitative estimate of drug-likeness (QED) is 0.907. The number of hydrogen-bond donors (Lipinski definition) is 1. The molecule has 0 amide bonds. The summed E-state index contributed by atoms with van der Waals surface area (Å²) in [5.74, 6) is 0.709. The number of piperidine rings is 1. The maximum atomic E-state index is 3.47. The van der Waals surface area contributed by atoms with Gasteiger partial charge in [0.15, 0.2) is 0 Å². The van der Waals surface area contributed by atoms with Crippen LogP contribution in [0.2, 0.25) is 0 Å². The number of hydrogen-bond acceptors (Lipinski definition) is 3. The first-order chi connectivity index (χ1) is 8.95. The van der Waals surface area contributed by atoms with E-state index < -0.39 is 0 Å². The molecule has 0 bridgehead atoms. The lowest BCUT2D eigenvalue weighted by Crippen LogP contribution is -2.53. The molecule has 1 fully saturated rings. The summed E-state index contributed by atoms with van der Waals surface area (Å²) in [6.45, 7) is 12.8. The van der Waals surface area contributed by atoms with Gasteiger partial charge in [0, 0.05) is 34.4 Å². The van der Waals surface area contributed by atoms with Crippen molar-refractivity contribution in [2.24, 2.45) is 5.92 Å². The molecule has 1 N–H and O–H groups in total. The molecule has 108 valence electrons. The fraction of sp³-hybridized carbons (Fsp3) is 0.750. The molecule has 1 aliphatic rings. The van der Waals surface area contributed by atoms with Crippen LogP contribution in [0.1, 0.15) is 48.6 Å². The molecule has 1 aromatic rings. The fourth-order valence-electron chi connectivity index (χ4n) is 3.59. The zero-order chi connectivity index (χ0) is 14.2.